The molecule has 0 spiro atoms. The number of rotatable bonds is 3. The van der Waals surface area contributed by atoms with E-state index < -0.39 is 6.03 Å². The number of nitrogens with two attached hydrogens (primary N) is 1. The predicted octanol–water partition coefficient (Wildman–Crippen LogP) is 2.07. The van der Waals surface area contributed by atoms with Gasteiger partial charge in [0.1, 0.15) is 17.2 Å². The summed E-state index contributed by atoms with van der Waals surface area (Å²) < 4.78 is 3.50. The minimum atomic E-state index is -0.632. The van der Waals surface area contributed by atoms with E-state index in [1.165, 1.54) is 0 Å². The Balaban J connectivity index is 2.18. The van der Waals surface area contributed by atoms with Crippen LogP contribution < -0.4 is 11.1 Å². The molecule has 0 saturated heterocycles. The number of benzene rings is 1. The van der Waals surface area contributed by atoms with E-state index in [1.54, 1.807) is 11.0 Å². The zero-order valence-electron chi connectivity index (χ0n) is 12.3. The largest absolute Gasteiger partial charge is 0.351 e. The standard InChI is InChI=1S/C15H16N6O/c1-10-13(12-8-20(2)9-17-12)19-21(14(10)18-15(16)22)11-6-4-3-5-7-11/h3-9H,1-2H3,(H3,16,18,22). The Kier molecular flexibility index (Phi) is 3.38. The van der Waals surface area contributed by atoms with Crippen LogP contribution >= 0.6 is 0 Å². The molecule has 3 aromatic rings. The molecule has 3 rings (SSSR count). The Labute approximate surface area is 127 Å². The Hall–Kier alpha value is -3.09. The van der Waals surface area contributed by atoms with Crippen LogP contribution in [0.15, 0.2) is 42.9 Å². The number of anilines is 1. The minimum Gasteiger partial charge on any atom is -0.351 e. The molecule has 112 valence electrons. The Morgan fingerprint density at radius 2 is 2.00 bits per heavy atom. The molecule has 22 heavy (non-hydrogen) atoms. The highest BCUT2D eigenvalue weighted by molar-refractivity contribution is 5.89. The summed E-state index contributed by atoms with van der Waals surface area (Å²) in [5.74, 6) is 0.541. The van der Waals surface area contributed by atoms with Crippen molar-refractivity contribution in [1.29, 1.82) is 0 Å². The van der Waals surface area contributed by atoms with Gasteiger partial charge in [-0.05, 0) is 19.1 Å². The maximum Gasteiger partial charge on any atom is 0.317 e. The molecule has 7 nitrogen and oxygen atoms in total. The number of carbonyl (C=O) groups excluding carboxylic acids is 1. The number of aryl methyl sites for hydroxylation is 1. The van der Waals surface area contributed by atoms with Crippen LogP contribution in [-0.4, -0.2) is 25.4 Å². The maximum atomic E-state index is 11.3. The molecule has 0 saturated carbocycles. The lowest BCUT2D eigenvalue weighted by molar-refractivity contribution is 0.259. The van der Waals surface area contributed by atoms with Gasteiger partial charge in [-0.2, -0.15) is 5.10 Å². The fraction of sp³-hybridized carbons (Fsp3) is 0.133. The smallest absolute Gasteiger partial charge is 0.317 e. The second-order valence-corrected chi connectivity index (χ2v) is 4.98. The average molecular weight is 296 g/mol. The van der Waals surface area contributed by atoms with Gasteiger partial charge in [-0.25, -0.2) is 14.5 Å². The monoisotopic (exact) mass is 296 g/mol. The SMILES string of the molecule is Cc1c(-c2cn(C)cn2)nn(-c2ccccc2)c1NC(N)=O. The van der Waals surface area contributed by atoms with E-state index in [2.05, 4.69) is 15.4 Å². The van der Waals surface area contributed by atoms with Crippen LogP contribution in [0.3, 0.4) is 0 Å². The molecule has 0 bridgehead atoms. The van der Waals surface area contributed by atoms with Crippen LogP contribution in [0.1, 0.15) is 5.56 Å². The first-order valence-corrected chi connectivity index (χ1v) is 6.76. The molecule has 0 aliphatic heterocycles. The van der Waals surface area contributed by atoms with E-state index in [0.29, 0.717) is 11.5 Å². The highest BCUT2D eigenvalue weighted by atomic mass is 16.2. The molecule has 0 aliphatic carbocycles. The van der Waals surface area contributed by atoms with Crippen molar-refractivity contribution < 1.29 is 4.79 Å². The van der Waals surface area contributed by atoms with E-state index >= 15 is 0 Å². The molecule has 0 fully saturated rings. The highest BCUT2D eigenvalue weighted by Gasteiger charge is 2.19. The molecule has 1 aromatic carbocycles. The third kappa shape index (κ3) is 2.44. The summed E-state index contributed by atoms with van der Waals surface area (Å²) in [7, 11) is 1.89. The first-order chi connectivity index (χ1) is 10.6. The number of primary amides is 1. The van der Waals surface area contributed by atoms with Gasteiger partial charge in [-0.1, -0.05) is 18.2 Å². The Morgan fingerprint density at radius 3 is 2.59 bits per heavy atom. The lowest BCUT2D eigenvalue weighted by Crippen LogP contribution is -2.21. The number of amides is 2. The molecule has 3 N–H and O–H groups in total. The number of carbonyl (C=O) groups is 1. The van der Waals surface area contributed by atoms with Gasteiger partial charge in [0, 0.05) is 18.8 Å². The normalized spacial score (nSPS) is 10.6. The minimum absolute atomic E-state index is 0.541. The highest BCUT2D eigenvalue weighted by Crippen LogP contribution is 2.29. The fourth-order valence-corrected chi connectivity index (χ4v) is 2.29. The molecule has 0 radical (unpaired) electrons. The van der Waals surface area contributed by atoms with Crippen LogP contribution in [0.4, 0.5) is 10.6 Å². The average Bonchev–Trinajstić information content (AvgIpc) is 3.05. The number of hydrogen-bond donors (Lipinski definition) is 2. The summed E-state index contributed by atoms with van der Waals surface area (Å²) in [5, 5.41) is 7.23. The number of imidazole rings is 1. The maximum absolute atomic E-state index is 11.3. The Bertz CT molecular complexity index is 818. The third-order valence-corrected chi connectivity index (χ3v) is 3.31. The van der Waals surface area contributed by atoms with Gasteiger partial charge in [-0.15, -0.1) is 0 Å². The molecular weight excluding hydrogens is 280 g/mol. The number of nitrogens with zero attached hydrogens (tertiary/aromatic N) is 4. The number of aromatic nitrogens is 4. The first-order valence-electron chi connectivity index (χ1n) is 6.76. The van der Waals surface area contributed by atoms with E-state index in [-0.39, 0.29) is 0 Å². The van der Waals surface area contributed by atoms with Gasteiger partial charge in [-0.3, -0.25) is 5.32 Å². The second-order valence-electron chi connectivity index (χ2n) is 4.98. The summed E-state index contributed by atoms with van der Waals surface area (Å²) in [4.78, 5) is 15.6. The second kappa shape index (κ2) is 5.36. The molecule has 0 unspecified atom stereocenters. The molecule has 2 heterocycles. The van der Waals surface area contributed by atoms with E-state index in [1.807, 2.05) is 55.1 Å². The summed E-state index contributed by atoms with van der Waals surface area (Å²) in [5.41, 5.74) is 8.36. The zero-order valence-corrected chi connectivity index (χ0v) is 12.3. The zero-order chi connectivity index (χ0) is 15.7. The summed E-state index contributed by atoms with van der Waals surface area (Å²) in [6.07, 6.45) is 3.58. The van der Waals surface area contributed by atoms with Crippen LogP contribution in [0.25, 0.3) is 17.1 Å². The molecule has 2 amide bonds. The van der Waals surface area contributed by atoms with Crippen molar-refractivity contribution in [2.75, 3.05) is 5.32 Å². The molecule has 2 aromatic heterocycles. The molecule has 7 heteroatoms. The van der Waals surface area contributed by atoms with Crippen molar-refractivity contribution in [2.45, 2.75) is 6.92 Å². The van der Waals surface area contributed by atoms with E-state index in [4.69, 9.17) is 5.73 Å². The van der Waals surface area contributed by atoms with Crippen LogP contribution in [0.5, 0.6) is 0 Å². The predicted molar refractivity (Wildman–Crippen MR) is 83.7 cm³/mol. The van der Waals surface area contributed by atoms with Crippen molar-refractivity contribution in [3.8, 4) is 17.1 Å². The van der Waals surface area contributed by atoms with Gasteiger partial charge in [0.05, 0.1) is 12.0 Å². The Morgan fingerprint density at radius 1 is 1.27 bits per heavy atom. The van der Waals surface area contributed by atoms with E-state index in [0.717, 1.165) is 16.9 Å². The summed E-state index contributed by atoms with van der Waals surface area (Å²) in [6.45, 7) is 1.88. The number of urea groups is 1. The number of nitrogens with one attached hydrogen (secondary N) is 1. The van der Waals surface area contributed by atoms with E-state index in [9.17, 15) is 4.79 Å². The van der Waals surface area contributed by atoms with Crippen LogP contribution in [0.2, 0.25) is 0 Å². The van der Waals surface area contributed by atoms with Crippen molar-refractivity contribution in [2.24, 2.45) is 12.8 Å². The topological polar surface area (TPSA) is 90.8 Å². The van der Waals surface area contributed by atoms with Gasteiger partial charge >= 0.3 is 6.03 Å². The third-order valence-electron chi connectivity index (χ3n) is 3.31. The first kappa shape index (κ1) is 13.9. The lowest BCUT2D eigenvalue weighted by Gasteiger charge is -2.07. The lowest BCUT2D eigenvalue weighted by atomic mass is 10.2. The van der Waals surface area contributed by atoms with Crippen LogP contribution in [-0.2, 0) is 7.05 Å². The van der Waals surface area contributed by atoms with Crippen molar-refractivity contribution >= 4 is 11.8 Å². The summed E-state index contributed by atoms with van der Waals surface area (Å²) >= 11 is 0. The summed E-state index contributed by atoms with van der Waals surface area (Å²) in [6, 6.07) is 8.90. The molecule has 0 atom stereocenters. The van der Waals surface area contributed by atoms with Crippen LogP contribution in [0, 0.1) is 6.92 Å². The van der Waals surface area contributed by atoms with Gasteiger partial charge < -0.3 is 10.3 Å². The van der Waals surface area contributed by atoms with Gasteiger partial charge in [0.25, 0.3) is 0 Å². The van der Waals surface area contributed by atoms with Gasteiger partial charge in [0.2, 0.25) is 0 Å². The van der Waals surface area contributed by atoms with Crippen molar-refractivity contribution in [1.82, 2.24) is 19.3 Å². The van der Waals surface area contributed by atoms with Gasteiger partial charge in [0.15, 0.2) is 0 Å². The fourth-order valence-electron chi connectivity index (χ4n) is 2.29. The molecular formula is C15H16N6O. The number of hydrogen-bond acceptors (Lipinski definition) is 3. The number of para-hydroxylation sites is 1. The van der Waals surface area contributed by atoms with Crippen molar-refractivity contribution in [3.63, 3.8) is 0 Å². The molecule has 0 aliphatic rings. The van der Waals surface area contributed by atoms with Crippen molar-refractivity contribution in [3.05, 3.63) is 48.4 Å². The quantitative estimate of drug-likeness (QED) is 0.775.